The molecule has 0 aliphatic heterocycles. The number of unbranched alkanes of at least 4 members (excludes halogenated alkanes) is 4. The number of nitrogens with one attached hydrogen (secondary N) is 1. The van der Waals surface area contributed by atoms with Gasteiger partial charge in [-0.3, -0.25) is 4.90 Å². The maximum atomic E-state index is 13.4. The SMILES string of the molecule is CC(C)(C)OC(=O)NCCCC[C@@H](C(=O)OC(C)(C)C)N(CCCCCCO[Si](C)(C)C(C)(C)C)C(=O)OC(C)(C)C. The molecule has 0 fully saturated rings. The van der Waals surface area contributed by atoms with Crippen molar-refractivity contribution in [2.75, 3.05) is 19.7 Å². The fraction of sp³-hybridized carbons (Fsp3) is 0.906. The van der Waals surface area contributed by atoms with Crippen molar-refractivity contribution in [3.8, 4) is 0 Å². The summed E-state index contributed by atoms with van der Waals surface area (Å²) in [5.74, 6) is -0.448. The van der Waals surface area contributed by atoms with Crippen molar-refractivity contribution in [3.05, 3.63) is 0 Å². The lowest BCUT2D eigenvalue weighted by molar-refractivity contribution is -0.161. The molecule has 0 saturated carbocycles. The summed E-state index contributed by atoms with van der Waals surface area (Å²) in [7, 11) is -1.76. The van der Waals surface area contributed by atoms with E-state index in [9.17, 15) is 14.4 Å². The number of esters is 1. The molecule has 0 aromatic heterocycles. The van der Waals surface area contributed by atoms with Crippen LogP contribution in [-0.4, -0.2) is 73.9 Å². The van der Waals surface area contributed by atoms with Crippen LogP contribution in [0.15, 0.2) is 0 Å². The van der Waals surface area contributed by atoms with E-state index in [2.05, 4.69) is 39.2 Å². The molecule has 0 bridgehead atoms. The molecule has 248 valence electrons. The van der Waals surface area contributed by atoms with Gasteiger partial charge in [-0.05, 0) is 113 Å². The van der Waals surface area contributed by atoms with Gasteiger partial charge >= 0.3 is 18.2 Å². The van der Waals surface area contributed by atoms with E-state index in [-0.39, 0.29) is 5.04 Å². The highest BCUT2D eigenvalue weighted by Crippen LogP contribution is 2.36. The van der Waals surface area contributed by atoms with Gasteiger partial charge in [0.15, 0.2) is 8.32 Å². The number of carbonyl (C=O) groups is 3. The van der Waals surface area contributed by atoms with Crippen molar-refractivity contribution in [1.29, 1.82) is 0 Å². The van der Waals surface area contributed by atoms with E-state index < -0.39 is 49.3 Å². The first-order valence-electron chi connectivity index (χ1n) is 15.7. The molecule has 42 heavy (non-hydrogen) atoms. The molecule has 0 aliphatic rings. The number of hydrogen-bond acceptors (Lipinski definition) is 7. The Morgan fingerprint density at radius 3 is 1.71 bits per heavy atom. The van der Waals surface area contributed by atoms with Crippen LogP contribution in [0.25, 0.3) is 0 Å². The third-order valence-corrected chi connectivity index (χ3v) is 11.4. The highest BCUT2D eigenvalue weighted by atomic mass is 28.4. The zero-order chi connectivity index (χ0) is 33.0. The molecule has 2 amide bonds. The van der Waals surface area contributed by atoms with Crippen LogP contribution in [0.1, 0.15) is 128 Å². The Morgan fingerprint density at radius 2 is 1.21 bits per heavy atom. The van der Waals surface area contributed by atoms with Crippen molar-refractivity contribution >= 4 is 26.5 Å². The summed E-state index contributed by atoms with van der Waals surface area (Å²) >= 11 is 0. The molecule has 0 unspecified atom stereocenters. The van der Waals surface area contributed by atoms with Gasteiger partial charge in [0.2, 0.25) is 0 Å². The van der Waals surface area contributed by atoms with Gasteiger partial charge in [-0.2, -0.15) is 0 Å². The van der Waals surface area contributed by atoms with Crippen LogP contribution in [0.4, 0.5) is 9.59 Å². The van der Waals surface area contributed by atoms with Crippen LogP contribution in [0.2, 0.25) is 18.1 Å². The molecule has 0 heterocycles. The van der Waals surface area contributed by atoms with Gasteiger partial charge in [0, 0.05) is 19.7 Å². The Morgan fingerprint density at radius 1 is 0.690 bits per heavy atom. The minimum atomic E-state index is -1.76. The highest BCUT2D eigenvalue weighted by molar-refractivity contribution is 6.74. The van der Waals surface area contributed by atoms with Gasteiger partial charge in [0.1, 0.15) is 22.8 Å². The second kappa shape index (κ2) is 16.9. The summed E-state index contributed by atoms with van der Waals surface area (Å²) in [4.78, 5) is 40.2. The van der Waals surface area contributed by atoms with Crippen LogP contribution in [-0.2, 0) is 23.4 Å². The number of rotatable bonds is 15. The number of hydrogen-bond donors (Lipinski definition) is 1. The van der Waals surface area contributed by atoms with Crippen molar-refractivity contribution in [2.24, 2.45) is 0 Å². The largest absolute Gasteiger partial charge is 0.458 e. The molecule has 1 atom stereocenters. The first-order valence-corrected chi connectivity index (χ1v) is 18.6. The van der Waals surface area contributed by atoms with E-state index in [4.69, 9.17) is 18.6 Å². The van der Waals surface area contributed by atoms with Crippen molar-refractivity contribution in [1.82, 2.24) is 10.2 Å². The van der Waals surface area contributed by atoms with Gasteiger partial charge in [0.25, 0.3) is 0 Å². The number of nitrogens with zero attached hydrogens (tertiary/aromatic N) is 1. The van der Waals surface area contributed by atoms with E-state index in [1.54, 1.807) is 0 Å². The number of amides is 2. The maximum absolute atomic E-state index is 13.4. The van der Waals surface area contributed by atoms with E-state index in [1.807, 2.05) is 62.3 Å². The smallest absolute Gasteiger partial charge is 0.411 e. The Labute approximate surface area is 258 Å². The lowest BCUT2D eigenvalue weighted by atomic mass is 10.1. The minimum Gasteiger partial charge on any atom is -0.458 e. The second-order valence-electron chi connectivity index (χ2n) is 15.7. The van der Waals surface area contributed by atoms with E-state index in [0.29, 0.717) is 32.4 Å². The topological polar surface area (TPSA) is 103 Å². The van der Waals surface area contributed by atoms with Crippen molar-refractivity contribution < 1.29 is 33.0 Å². The molecule has 0 aliphatic carbocycles. The average Bonchev–Trinajstić information content (AvgIpc) is 2.74. The zero-order valence-electron chi connectivity index (χ0n) is 29.5. The molecule has 0 saturated heterocycles. The molecule has 0 aromatic carbocycles. The fourth-order valence-electron chi connectivity index (χ4n) is 3.71. The number of carbonyl (C=O) groups excluding carboxylic acids is 3. The predicted octanol–water partition coefficient (Wildman–Crippen LogP) is 8.21. The lowest BCUT2D eigenvalue weighted by Gasteiger charge is -2.36. The molecule has 0 radical (unpaired) electrons. The Bertz CT molecular complexity index is 834. The van der Waals surface area contributed by atoms with Crippen LogP contribution in [0.3, 0.4) is 0 Å². The summed E-state index contributed by atoms with van der Waals surface area (Å²) in [6, 6.07) is -0.789. The molecule has 9 nitrogen and oxygen atoms in total. The van der Waals surface area contributed by atoms with Gasteiger partial charge < -0.3 is 24.0 Å². The molecule has 0 rings (SSSR count). The lowest BCUT2D eigenvalue weighted by Crippen LogP contribution is -2.49. The summed E-state index contributed by atoms with van der Waals surface area (Å²) in [6.45, 7) is 29.1. The first-order chi connectivity index (χ1) is 18.8. The predicted molar refractivity (Wildman–Crippen MR) is 172 cm³/mol. The maximum Gasteiger partial charge on any atom is 0.411 e. The van der Waals surface area contributed by atoms with Crippen LogP contribution < -0.4 is 5.32 Å². The molecule has 10 heteroatoms. The standard InChI is InChI=1S/C32H64N2O7Si/c1-29(2,3)39-26(35)25(21-17-18-22-33-27(36)40-30(4,5)6)34(28(37)41-31(7,8)9)23-19-15-16-20-24-38-42(13,14)32(10,11)12/h25H,15-24H2,1-14H3,(H,33,36)/t25-/m0/s1. The Kier molecular flexibility index (Phi) is 16.1. The van der Waals surface area contributed by atoms with Crippen LogP contribution in [0.5, 0.6) is 0 Å². The van der Waals surface area contributed by atoms with E-state index in [1.165, 1.54) is 4.90 Å². The fourth-order valence-corrected chi connectivity index (χ4v) is 4.80. The molecule has 0 aromatic rings. The molecular weight excluding hydrogens is 552 g/mol. The monoisotopic (exact) mass is 616 g/mol. The van der Waals surface area contributed by atoms with Crippen molar-refractivity contribution in [2.45, 2.75) is 169 Å². The third-order valence-electron chi connectivity index (χ3n) is 6.82. The quantitative estimate of drug-likeness (QED) is 0.0856. The molecule has 1 N–H and O–H groups in total. The summed E-state index contributed by atoms with van der Waals surface area (Å²) in [5, 5.41) is 2.93. The van der Waals surface area contributed by atoms with Crippen LogP contribution in [0, 0.1) is 0 Å². The third kappa shape index (κ3) is 18.7. The molecule has 0 spiro atoms. The van der Waals surface area contributed by atoms with E-state index >= 15 is 0 Å². The first kappa shape index (κ1) is 40.2. The normalized spacial score (nSPS) is 13.8. The summed E-state index contributed by atoms with van der Waals surface area (Å²) < 4.78 is 23.0. The van der Waals surface area contributed by atoms with Gasteiger partial charge in [-0.1, -0.05) is 33.6 Å². The van der Waals surface area contributed by atoms with Gasteiger partial charge in [-0.25, -0.2) is 14.4 Å². The average molecular weight is 617 g/mol. The Balaban J connectivity index is 5.35. The van der Waals surface area contributed by atoms with Crippen LogP contribution >= 0.6 is 0 Å². The van der Waals surface area contributed by atoms with Gasteiger partial charge in [0.05, 0.1) is 0 Å². The number of ether oxygens (including phenoxy) is 3. The summed E-state index contributed by atoms with van der Waals surface area (Å²) in [6.07, 6.45) is 4.19. The Hall–Kier alpha value is -1.81. The summed E-state index contributed by atoms with van der Waals surface area (Å²) in [5.41, 5.74) is -1.97. The number of alkyl carbamates (subject to hydrolysis) is 1. The van der Waals surface area contributed by atoms with Crippen molar-refractivity contribution in [3.63, 3.8) is 0 Å². The van der Waals surface area contributed by atoms with Gasteiger partial charge in [-0.15, -0.1) is 0 Å². The highest BCUT2D eigenvalue weighted by Gasteiger charge is 2.37. The minimum absolute atomic E-state index is 0.184. The van der Waals surface area contributed by atoms with E-state index in [0.717, 1.165) is 32.3 Å². The second-order valence-corrected chi connectivity index (χ2v) is 20.5. The zero-order valence-corrected chi connectivity index (χ0v) is 30.5. The molecular formula is C32H64N2O7Si.